The summed E-state index contributed by atoms with van der Waals surface area (Å²) in [4.78, 5) is 23.0. The Bertz CT molecular complexity index is 912. The minimum atomic E-state index is -0.899. The number of aliphatic carboxylic acids is 1. The first-order valence-electron chi connectivity index (χ1n) is 7.22. The van der Waals surface area contributed by atoms with Crippen LogP contribution in [0, 0.1) is 6.92 Å². The lowest BCUT2D eigenvalue weighted by atomic mass is 10.1. The number of aryl methyl sites for hydroxylation is 2. The van der Waals surface area contributed by atoms with E-state index >= 15 is 0 Å². The van der Waals surface area contributed by atoms with Crippen molar-refractivity contribution in [2.45, 2.75) is 26.3 Å². The van der Waals surface area contributed by atoms with Gasteiger partial charge in [-0.3, -0.25) is 9.59 Å². The van der Waals surface area contributed by atoms with E-state index in [-0.39, 0.29) is 24.0 Å². The molecule has 118 valence electrons. The molecule has 0 aliphatic rings. The number of carboxylic acid groups (broad SMARTS) is 1. The van der Waals surface area contributed by atoms with Crippen LogP contribution in [0.25, 0.3) is 22.2 Å². The summed E-state index contributed by atoms with van der Waals surface area (Å²) in [7, 11) is 0. The van der Waals surface area contributed by atoms with Crippen LogP contribution in [-0.4, -0.2) is 26.0 Å². The molecular weight excluding hydrogens is 298 g/mol. The van der Waals surface area contributed by atoms with Crippen molar-refractivity contribution in [3.05, 3.63) is 46.4 Å². The Kier molecular flexibility index (Phi) is 3.92. The third-order valence-corrected chi connectivity index (χ3v) is 3.56. The molecule has 7 heteroatoms. The summed E-state index contributed by atoms with van der Waals surface area (Å²) in [6.07, 6.45) is 0.315. The van der Waals surface area contributed by atoms with Crippen LogP contribution in [0.2, 0.25) is 0 Å². The molecule has 23 heavy (non-hydrogen) atoms. The predicted molar refractivity (Wildman–Crippen MR) is 83.1 cm³/mol. The fourth-order valence-electron chi connectivity index (χ4n) is 2.49. The zero-order valence-electron chi connectivity index (χ0n) is 12.5. The van der Waals surface area contributed by atoms with Crippen LogP contribution in [-0.2, 0) is 11.3 Å². The van der Waals surface area contributed by atoms with E-state index in [1.54, 1.807) is 6.92 Å². The van der Waals surface area contributed by atoms with Crippen LogP contribution in [0.1, 0.15) is 18.5 Å². The van der Waals surface area contributed by atoms with Crippen molar-refractivity contribution < 1.29 is 14.4 Å². The van der Waals surface area contributed by atoms with Crippen LogP contribution in [0.5, 0.6) is 0 Å². The van der Waals surface area contributed by atoms with E-state index in [2.05, 4.69) is 10.3 Å². The number of carbonyl (C=O) groups is 1. The van der Waals surface area contributed by atoms with Crippen molar-refractivity contribution in [2.75, 3.05) is 0 Å². The second kappa shape index (κ2) is 6.04. The summed E-state index contributed by atoms with van der Waals surface area (Å²) in [5, 5.41) is 17.4. The molecule has 2 aromatic heterocycles. The summed E-state index contributed by atoms with van der Waals surface area (Å²) in [6.45, 7) is 2.01. The quantitative estimate of drug-likeness (QED) is 0.775. The van der Waals surface area contributed by atoms with Crippen molar-refractivity contribution in [1.82, 2.24) is 14.9 Å². The molecule has 7 nitrogen and oxygen atoms in total. The largest absolute Gasteiger partial charge is 0.481 e. The molecular formula is C16H15N3O4. The van der Waals surface area contributed by atoms with Crippen molar-refractivity contribution >= 4 is 16.9 Å². The molecule has 0 fully saturated rings. The van der Waals surface area contributed by atoms with Gasteiger partial charge in [-0.25, -0.2) is 4.68 Å². The number of benzene rings is 1. The van der Waals surface area contributed by atoms with Crippen molar-refractivity contribution in [3.8, 4) is 11.3 Å². The van der Waals surface area contributed by atoms with Crippen molar-refractivity contribution in [3.63, 3.8) is 0 Å². The number of nitrogens with zero attached hydrogens (tertiary/aromatic N) is 3. The predicted octanol–water partition coefficient (Wildman–Crippen LogP) is 2.22. The number of aromatic nitrogens is 3. The monoisotopic (exact) mass is 313 g/mol. The van der Waals surface area contributed by atoms with Crippen LogP contribution in [0.3, 0.4) is 0 Å². The molecule has 0 amide bonds. The first kappa shape index (κ1) is 15.0. The summed E-state index contributed by atoms with van der Waals surface area (Å²) in [6, 6.07) is 9.39. The molecule has 0 spiro atoms. The average Bonchev–Trinajstić information content (AvgIpc) is 2.98. The zero-order valence-corrected chi connectivity index (χ0v) is 12.5. The summed E-state index contributed by atoms with van der Waals surface area (Å²) in [5.41, 5.74) is 1.28. The lowest BCUT2D eigenvalue weighted by Crippen LogP contribution is -2.24. The van der Waals surface area contributed by atoms with E-state index in [9.17, 15) is 9.59 Å². The minimum absolute atomic E-state index is 0.0146. The first-order chi connectivity index (χ1) is 11.1. The second-order valence-electron chi connectivity index (χ2n) is 5.21. The standard InChI is InChI=1S/C16H15N3O4/c1-10-13-14(16(22)19(17-10)9-5-8-12(20)21)18-23-15(13)11-6-3-2-4-7-11/h2-4,6-7H,5,8-9H2,1H3,(H,20,21). The van der Waals surface area contributed by atoms with Gasteiger partial charge in [-0.15, -0.1) is 0 Å². The van der Waals surface area contributed by atoms with Gasteiger partial charge in [-0.2, -0.15) is 5.10 Å². The Hall–Kier alpha value is -2.96. The van der Waals surface area contributed by atoms with Gasteiger partial charge in [0.1, 0.15) is 0 Å². The first-order valence-corrected chi connectivity index (χ1v) is 7.22. The Morgan fingerprint density at radius 3 is 2.74 bits per heavy atom. The Labute approximate surface area is 131 Å². The van der Waals surface area contributed by atoms with Gasteiger partial charge >= 0.3 is 5.97 Å². The smallest absolute Gasteiger partial charge is 0.303 e. The maximum Gasteiger partial charge on any atom is 0.303 e. The molecule has 0 unspecified atom stereocenters. The molecule has 0 bridgehead atoms. The van der Waals surface area contributed by atoms with Gasteiger partial charge in [0.05, 0.1) is 11.1 Å². The highest BCUT2D eigenvalue weighted by molar-refractivity contribution is 5.92. The maximum absolute atomic E-state index is 12.4. The fourth-order valence-corrected chi connectivity index (χ4v) is 2.49. The van der Waals surface area contributed by atoms with Gasteiger partial charge in [0.15, 0.2) is 11.3 Å². The summed E-state index contributed by atoms with van der Waals surface area (Å²) >= 11 is 0. The third kappa shape index (κ3) is 2.85. The van der Waals surface area contributed by atoms with Gasteiger partial charge < -0.3 is 9.63 Å². The lowest BCUT2D eigenvalue weighted by Gasteiger charge is -2.05. The van der Waals surface area contributed by atoms with Crippen molar-refractivity contribution in [2.24, 2.45) is 0 Å². The van der Waals surface area contributed by atoms with E-state index in [4.69, 9.17) is 9.63 Å². The van der Waals surface area contributed by atoms with E-state index < -0.39 is 5.97 Å². The van der Waals surface area contributed by atoms with Crippen LogP contribution < -0.4 is 5.56 Å². The normalized spacial score (nSPS) is 11.0. The fraction of sp³-hybridized carbons (Fsp3) is 0.250. The number of rotatable bonds is 5. The molecule has 2 heterocycles. The lowest BCUT2D eigenvalue weighted by molar-refractivity contribution is -0.137. The van der Waals surface area contributed by atoms with E-state index in [1.807, 2.05) is 30.3 Å². The van der Waals surface area contributed by atoms with Crippen LogP contribution in [0.15, 0.2) is 39.6 Å². The van der Waals surface area contributed by atoms with Gasteiger partial charge in [0.2, 0.25) is 0 Å². The highest BCUT2D eigenvalue weighted by atomic mass is 16.5. The summed E-state index contributed by atoms with van der Waals surface area (Å²) in [5.74, 6) is -0.385. The molecule has 0 aliphatic carbocycles. The molecule has 1 aromatic carbocycles. The Balaban J connectivity index is 2.05. The van der Waals surface area contributed by atoms with Crippen LogP contribution in [0.4, 0.5) is 0 Å². The molecule has 0 atom stereocenters. The molecule has 0 saturated heterocycles. The topological polar surface area (TPSA) is 98.2 Å². The number of fused-ring (bicyclic) bond motifs is 1. The van der Waals surface area contributed by atoms with Crippen molar-refractivity contribution in [1.29, 1.82) is 0 Å². The summed E-state index contributed by atoms with van der Waals surface area (Å²) < 4.78 is 6.61. The second-order valence-corrected chi connectivity index (χ2v) is 5.21. The molecule has 0 aliphatic heterocycles. The molecule has 3 rings (SSSR count). The van der Waals surface area contributed by atoms with Gasteiger partial charge in [0.25, 0.3) is 5.56 Å². The van der Waals surface area contributed by atoms with Gasteiger partial charge in [-0.05, 0) is 13.3 Å². The highest BCUT2D eigenvalue weighted by Gasteiger charge is 2.18. The number of carboxylic acids is 1. The zero-order chi connectivity index (χ0) is 16.4. The van der Waals surface area contributed by atoms with E-state index in [1.165, 1.54) is 4.68 Å². The molecule has 0 radical (unpaired) electrons. The number of hydrogen-bond donors (Lipinski definition) is 1. The number of hydrogen-bond acceptors (Lipinski definition) is 5. The highest BCUT2D eigenvalue weighted by Crippen LogP contribution is 2.28. The van der Waals surface area contributed by atoms with Gasteiger partial charge in [-0.1, -0.05) is 35.5 Å². The Morgan fingerprint density at radius 2 is 2.04 bits per heavy atom. The molecule has 3 aromatic rings. The Morgan fingerprint density at radius 1 is 1.30 bits per heavy atom. The molecule has 0 saturated carbocycles. The van der Waals surface area contributed by atoms with E-state index in [0.29, 0.717) is 23.3 Å². The average molecular weight is 313 g/mol. The third-order valence-electron chi connectivity index (χ3n) is 3.56. The maximum atomic E-state index is 12.4. The molecule has 1 N–H and O–H groups in total. The minimum Gasteiger partial charge on any atom is -0.481 e. The van der Waals surface area contributed by atoms with Crippen LogP contribution >= 0.6 is 0 Å². The SMILES string of the molecule is Cc1nn(CCCC(=O)O)c(=O)c2noc(-c3ccccc3)c12. The van der Waals surface area contributed by atoms with Gasteiger partial charge in [0, 0.05) is 18.5 Å². The van der Waals surface area contributed by atoms with E-state index in [0.717, 1.165) is 5.56 Å².